The zero-order valence-electron chi connectivity index (χ0n) is 21.1. The smallest absolute Gasteiger partial charge is 0.217 e. The van der Waals surface area contributed by atoms with E-state index in [1.165, 1.54) is 123 Å². The Labute approximate surface area is 189 Å². The van der Waals surface area contributed by atoms with E-state index in [4.69, 9.17) is 0 Å². The van der Waals surface area contributed by atoms with E-state index in [1.807, 2.05) is 0 Å². The topological polar surface area (TPSA) is 66.4 Å². The lowest BCUT2D eigenvalue weighted by atomic mass is 10.0. The lowest BCUT2D eigenvalue weighted by Crippen LogP contribution is -2.35. The molecule has 0 rings (SSSR count). The van der Waals surface area contributed by atoms with Crippen molar-refractivity contribution in [2.45, 2.75) is 130 Å². The molecule has 0 heterocycles. The predicted octanol–water partition coefficient (Wildman–Crippen LogP) is 6.83. The lowest BCUT2D eigenvalue weighted by Gasteiger charge is -2.23. The molecule has 0 aromatic rings. The van der Waals surface area contributed by atoms with Crippen molar-refractivity contribution in [3.8, 4) is 0 Å². The quantitative estimate of drug-likeness (QED) is 0.0934. The van der Waals surface area contributed by atoms with Crippen molar-refractivity contribution in [3.63, 3.8) is 0 Å². The van der Waals surface area contributed by atoms with Gasteiger partial charge in [0.1, 0.15) is 0 Å². The van der Waals surface area contributed by atoms with Crippen LogP contribution < -0.4 is 0 Å². The fourth-order valence-corrected chi connectivity index (χ4v) is 3.84. The highest BCUT2D eigenvalue weighted by Crippen LogP contribution is 2.13. The molecule has 0 fully saturated rings. The molecule has 0 unspecified atom stereocenters. The molecule has 0 aromatic carbocycles. The van der Waals surface area contributed by atoms with Gasteiger partial charge in [-0.05, 0) is 26.7 Å². The summed E-state index contributed by atoms with van der Waals surface area (Å²) in [6, 6.07) is 0. The van der Waals surface area contributed by atoms with Crippen molar-refractivity contribution in [2.75, 3.05) is 27.7 Å². The Morgan fingerprint density at radius 2 is 0.967 bits per heavy atom. The number of nitrogens with zero attached hydrogens (tertiary/aromatic N) is 1. The van der Waals surface area contributed by atoms with Gasteiger partial charge in [0.05, 0.1) is 33.8 Å². The normalized spacial score (nSPS) is 12.1. The van der Waals surface area contributed by atoms with E-state index < -0.39 is 16.5 Å². The first-order chi connectivity index (χ1) is 14.0. The molecule has 0 aliphatic heterocycles. The molecule has 0 saturated carbocycles. The summed E-state index contributed by atoms with van der Waals surface area (Å²) in [4.78, 5) is 0. The molecule has 184 valence electrons. The summed E-state index contributed by atoms with van der Waals surface area (Å²) in [5, 5.41) is 0. The maximum Gasteiger partial charge on any atom is 0.217 e. The first-order valence-electron chi connectivity index (χ1n) is 12.4. The molecule has 0 N–H and O–H groups in total. The maximum atomic E-state index is 9.66. The molecular weight excluding hydrogens is 398 g/mol. The maximum absolute atomic E-state index is 9.66. The van der Waals surface area contributed by atoms with Gasteiger partial charge in [-0.15, -0.1) is 0 Å². The lowest BCUT2D eigenvalue weighted by molar-refractivity contribution is -0.870. The second-order valence-corrected chi connectivity index (χ2v) is 10.9. The molecule has 6 heteroatoms. The third kappa shape index (κ3) is 35.3. The Morgan fingerprint density at radius 3 is 1.17 bits per heavy atom. The molecule has 0 aliphatic carbocycles. The van der Waals surface area contributed by atoms with E-state index in [-0.39, 0.29) is 0 Å². The number of rotatable bonds is 19. The summed E-state index contributed by atoms with van der Waals surface area (Å²) >= 11 is 0. The molecule has 30 heavy (non-hydrogen) atoms. The summed E-state index contributed by atoms with van der Waals surface area (Å²) < 4.78 is 34.0. The van der Waals surface area contributed by atoms with Gasteiger partial charge in [-0.25, -0.2) is 8.42 Å². The SMILES string of the molecule is CC(C)OS(=O)(=O)[O-].CCCCCCCCCCCCCCCCCC[N+](C)(C)C. The van der Waals surface area contributed by atoms with Gasteiger partial charge < -0.3 is 9.04 Å². The van der Waals surface area contributed by atoms with E-state index in [0.29, 0.717) is 0 Å². The van der Waals surface area contributed by atoms with Gasteiger partial charge in [-0.1, -0.05) is 96.8 Å². The minimum atomic E-state index is -4.47. The Balaban J connectivity index is 0. The van der Waals surface area contributed by atoms with Crippen LogP contribution in [0.1, 0.15) is 124 Å². The predicted molar refractivity (Wildman–Crippen MR) is 128 cm³/mol. The third-order valence-electron chi connectivity index (χ3n) is 4.99. The van der Waals surface area contributed by atoms with Crippen LogP contribution in [-0.2, 0) is 14.6 Å². The fraction of sp³-hybridized carbons (Fsp3) is 1.00. The highest BCUT2D eigenvalue weighted by molar-refractivity contribution is 7.80. The standard InChI is InChI=1S/C21H46N.C3H8O4S/c1-5-6-7-8-9-10-11-12-13-14-15-16-17-18-19-20-21-22(2,3)4;1-3(2)7-8(4,5)6/h5-21H2,1-4H3;3H,1-2H3,(H,4,5,6)/q+1;/p-1. The van der Waals surface area contributed by atoms with Gasteiger partial charge in [0.15, 0.2) is 0 Å². The monoisotopic (exact) mass is 451 g/mol. The van der Waals surface area contributed by atoms with Crippen molar-refractivity contribution in [3.05, 3.63) is 0 Å². The van der Waals surface area contributed by atoms with Crippen molar-refractivity contribution >= 4 is 10.4 Å². The van der Waals surface area contributed by atoms with Crippen LogP contribution in [0, 0.1) is 0 Å². The molecule has 0 saturated heterocycles. The van der Waals surface area contributed by atoms with Crippen LogP contribution >= 0.6 is 0 Å². The van der Waals surface area contributed by atoms with Gasteiger partial charge in [-0.2, -0.15) is 0 Å². The summed E-state index contributed by atoms with van der Waals surface area (Å²) in [7, 11) is 2.42. The van der Waals surface area contributed by atoms with E-state index >= 15 is 0 Å². The summed E-state index contributed by atoms with van der Waals surface area (Å²) in [5.74, 6) is 0. The Morgan fingerprint density at radius 1 is 0.667 bits per heavy atom. The Hall–Kier alpha value is -0.170. The molecule has 0 bridgehead atoms. The Kier molecular flexibility index (Phi) is 22.1. The second kappa shape index (κ2) is 20.7. The molecule has 0 amide bonds. The fourth-order valence-electron chi connectivity index (χ4n) is 3.37. The van der Waals surface area contributed by atoms with Gasteiger partial charge in [0, 0.05) is 0 Å². The van der Waals surface area contributed by atoms with Gasteiger partial charge in [0.2, 0.25) is 10.4 Å². The van der Waals surface area contributed by atoms with Crippen LogP contribution in [-0.4, -0.2) is 51.2 Å². The minimum Gasteiger partial charge on any atom is -0.726 e. The van der Waals surface area contributed by atoms with E-state index in [0.717, 1.165) is 4.48 Å². The summed E-state index contributed by atoms with van der Waals surface area (Å²) in [6.07, 6.45) is 22.8. The van der Waals surface area contributed by atoms with Crippen LogP contribution in [0.15, 0.2) is 0 Å². The summed E-state index contributed by atoms with van der Waals surface area (Å²) in [6.45, 7) is 6.56. The molecule has 0 aliphatic rings. The van der Waals surface area contributed by atoms with Crippen molar-refractivity contribution in [1.29, 1.82) is 0 Å². The van der Waals surface area contributed by atoms with Crippen LogP contribution in [0.25, 0.3) is 0 Å². The van der Waals surface area contributed by atoms with Crippen molar-refractivity contribution in [1.82, 2.24) is 0 Å². The van der Waals surface area contributed by atoms with E-state index in [9.17, 15) is 13.0 Å². The van der Waals surface area contributed by atoms with Gasteiger partial charge >= 0.3 is 0 Å². The van der Waals surface area contributed by atoms with Crippen molar-refractivity contribution < 1.29 is 21.6 Å². The first-order valence-corrected chi connectivity index (χ1v) is 13.8. The number of quaternary nitrogens is 1. The van der Waals surface area contributed by atoms with Crippen LogP contribution in [0.3, 0.4) is 0 Å². The van der Waals surface area contributed by atoms with Crippen molar-refractivity contribution in [2.24, 2.45) is 0 Å². The molecular formula is C24H53NO4S. The first kappa shape index (κ1) is 32.0. The Bertz CT molecular complexity index is 445. The molecule has 0 radical (unpaired) electrons. The average Bonchev–Trinajstić information content (AvgIpc) is 2.59. The van der Waals surface area contributed by atoms with Gasteiger partial charge in [0.25, 0.3) is 0 Å². The van der Waals surface area contributed by atoms with E-state index in [2.05, 4.69) is 32.2 Å². The molecule has 0 spiro atoms. The summed E-state index contributed by atoms with van der Waals surface area (Å²) in [5.41, 5.74) is 0. The molecule has 0 aromatic heterocycles. The minimum absolute atomic E-state index is 0.558. The highest BCUT2D eigenvalue weighted by atomic mass is 32.3. The zero-order valence-corrected chi connectivity index (χ0v) is 21.9. The molecule has 0 atom stereocenters. The number of unbranched alkanes of at least 4 members (excludes halogenated alkanes) is 15. The van der Waals surface area contributed by atoms with Crippen LogP contribution in [0.5, 0.6) is 0 Å². The average molecular weight is 452 g/mol. The zero-order chi connectivity index (χ0) is 23.3. The molecule has 5 nitrogen and oxygen atoms in total. The number of hydrogen-bond acceptors (Lipinski definition) is 4. The third-order valence-corrected chi connectivity index (χ3v) is 5.61. The highest BCUT2D eigenvalue weighted by Gasteiger charge is 2.05. The van der Waals surface area contributed by atoms with E-state index in [1.54, 1.807) is 0 Å². The van der Waals surface area contributed by atoms with Gasteiger partial charge in [-0.3, -0.25) is 4.18 Å². The second-order valence-electron chi connectivity index (χ2n) is 9.87. The van der Waals surface area contributed by atoms with Crippen LogP contribution in [0.2, 0.25) is 0 Å². The van der Waals surface area contributed by atoms with Crippen LogP contribution in [0.4, 0.5) is 0 Å². The number of hydrogen-bond donors (Lipinski definition) is 0. The largest absolute Gasteiger partial charge is 0.726 e.